The summed E-state index contributed by atoms with van der Waals surface area (Å²) in [6.45, 7) is 9.40. The summed E-state index contributed by atoms with van der Waals surface area (Å²) in [5, 5.41) is 3.75. The molecule has 0 aliphatic carbocycles. The summed E-state index contributed by atoms with van der Waals surface area (Å²) in [5.41, 5.74) is -0.686. The van der Waals surface area contributed by atoms with Crippen LogP contribution in [-0.2, 0) is 20.9 Å². The van der Waals surface area contributed by atoms with E-state index < -0.39 is 17.4 Å². The molecule has 8 nitrogen and oxygen atoms in total. The van der Waals surface area contributed by atoms with Crippen molar-refractivity contribution in [3.63, 3.8) is 0 Å². The number of hydrogen-bond donors (Lipinski definition) is 0. The monoisotopic (exact) mass is 374 g/mol. The largest absolute Gasteiger partial charge is 0.360 e. The van der Waals surface area contributed by atoms with Crippen molar-refractivity contribution < 1.29 is 18.8 Å². The number of likely N-dealkylation sites (tertiary alicyclic amines) is 1. The van der Waals surface area contributed by atoms with E-state index in [-0.39, 0.29) is 29.9 Å². The number of aromatic nitrogens is 2. The molecule has 4 heterocycles. The number of hydrogen-bond acceptors (Lipinski definition) is 6. The molecule has 0 N–H and O–H groups in total. The molecule has 1 aromatic heterocycles. The van der Waals surface area contributed by atoms with Gasteiger partial charge in [0.05, 0.1) is 31.0 Å². The van der Waals surface area contributed by atoms with Crippen LogP contribution in [0.5, 0.6) is 0 Å². The Bertz CT molecular complexity index is 811. The van der Waals surface area contributed by atoms with E-state index in [9.17, 15) is 9.59 Å². The Kier molecular flexibility index (Phi) is 3.96. The van der Waals surface area contributed by atoms with Gasteiger partial charge in [0.15, 0.2) is 5.82 Å². The molecule has 4 atom stereocenters. The van der Waals surface area contributed by atoms with Crippen LogP contribution in [0.15, 0.2) is 16.7 Å². The molecule has 3 aliphatic rings. The van der Waals surface area contributed by atoms with E-state index in [4.69, 9.17) is 9.26 Å². The lowest BCUT2D eigenvalue weighted by Crippen LogP contribution is -2.45. The van der Waals surface area contributed by atoms with Crippen molar-refractivity contribution in [3.05, 3.63) is 23.9 Å². The second-order valence-electron chi connectivity index (χ2n) is 9.08. The fraction of sp³-hybridized carbons (Fsp3) is 0.684. The second kappa shape index (κ2) is 5.89. The Labute approximate surface area is 158 Å². The average molecular weight is 374 g/mol. The minimum Gasteiger partial charge on any atom is -0.360 e. The summed E-state index contributed by atoms with van der Waals surface area (Å²) in [5.74, 6) is -0.185. The second-order valence-corrected chi connectivity index (χ2v) is 9.08. The first-order chi connectivity index (χ1) is 12.6. The number of fused-ring (bicyclic) bond motifs is 1. The highest BCUT2D eigenvalue weighted by molar-refractivity contribution is 5.93. The van der Waals surface area contributed by atoms with Crippen molar-refractivity contribution >= 4 is 11.8 Å². The van der Waals surface area contributed by atoms with E-state index in [1.165, 1.54) is 0 Å². The van der Waals surface area contributed by atoms with Gasteiger partial charge in [0.1, 0.15) is 5.60 Å². The molecule has 0 aromatic carbocycles. The molecule has 1 aromatic rings. The summed E-state index contributed by atoms with van der Waals surface area (Å²) in [6.07, 6.45) is 3.56. The van der Waals surface area contributed by atoms with Crippen molar-refractivity contribution in [3.8, 4) is 0 Å². The van der Waals surface area contributed by atoms with E-state index in [0.717, 1.165) is 0 Å². The number of rotatable bonds is 4. The van der Waals surface area contributed by atoms with Gasteiger partial charge in [0.2, 0.25) is 17.7 Å². The van der Waals surface area contributed by atoms with Gasteiger partial charge in [-0.25, -0.2) is 0 Å². The maximum atomic E-state index is 13.2. The molecule has 27 heavy (non-hydrogen) atoms. The maximum absolute atomic E-state index is 13.2. The fourth-order valence-electron chi connectivity index (χ4n) is 4.51. The molecule has 2 saturated heterocycles. The molecule has 0 unspecified atom stereocenters. The van der Waals surface area contributed by atoms with Crippen LogP contribution in [0.4, 0.5) is 0 Å². The van der Waals surface area contributed by atoms with Gasteiger partial charge in [-0.3, -0.25) is 9.59 Å². The first-order valence-electron chi connectivity index (χ1n) is 9.30. The summed E-state index contributed by atoms with van der Waals surface area (Å²) in [7, 11) is 1.69. The molecule has 4 rings (SSSR count). The summed E-state index contributed by atoms with van der Waals surface area (Å²) in [4.78, 5) is 33.9. The van der Waals surface area contributed by atoms with Crippen LogP contribution >= 0.6 is 0 Å². The van der Waals surface area contributed by atoms with Gasteiger partial charge in [0, 0.05) is 13.6 Å². The quantitative estimate of drug-likeness (QED) is 0.735. The summed E-state index contributed by atoms with van der Waals surface area (Å²) < 4.78 is 11.3. The number of aryl methyl sites for hydroxylation is 1. The first kappa shape index (κ1) is 18.2. The van der Waals surface area contributed by atoms with Crippen LogP contribution in [0.1, 0.15) is 32.5 Å². The fourth-order valence-corrected chi connectivity index (χ4v) is 4.51. The normalized spacial score (nSPS) is 31.7. The molecule has 146 valence electrons. The first-order valence-corrected chi connectivity index (χ1v) is 9.30. The lowest BCUT2D eigenvalue weighted by Gasteiger charge is -2.29. The zero-order chi connectivity index (χ0) is 19.6. The zero-order valence-electron chi connectivity index (χ0n) is 16.4. The third-order valence-electron chi connectivity index (χ3n) is 5.45. The van der Waals surface area contributed by atoms with Crippen molar-refractivity contribution in [2.24, 2.45) is 17.3 Å². The lowest BCUT2D eigenvalue weighted by molar-refractivity contribution is -0.143. The molecule has 1 spiro atoms. The van der Waals surface area contributed by atoms with Crippen molar-refractivity contribution in [1.82, 2.24) is 19.9 Å². The van der Waals surface area contributed by atoms with Gasteiger partial charge in [-0.15, -0.1) is 0 Å². The predicted octanol–water partition coefficient (Wildman–Crippen LogP) is 1.16. The Hall–Kier alpha value is -2.22. The van der Waals surface area contributed by atoms with Crippen molar-refractivity contribution in [2.75, 3.05) is 20.1 Å². The summed E-state index contributed by atoms with van der Waals surface area (Å²) in [6, 6.07) is 0. The Morgan fingerprint density at radius 1 is 1.44 bits per heavy atom. The Morgan fingerprint density at radius 3 is 2.81 bits per heavy atom. The van der Waals surface area contributed by atoms with Gasteiger partial charge in [-0.2, -0.15) is 4.98 Å². The third-order valence-corrected chi connectivity index (χ3v) is 5.45. The molecular weight excluding hydrogens is 348 g/mol. The molecule has 0 radical (unpaired) electrons. The highest BCUT2D eigenvalue weighted by Crippen LogP contribution is 2.52. The average Bonchev–Trinajstić information content (AvgIpc) is 3.28. The number of nitrogens with zero attached hydrogens (tertiary/aromatic N) is 4. The van der Waals surface area contributed by atoms with Gasteiger partial charge in [0.25, 0.3) is 0 Å². The van der Waals surface area contributed by atoms with E-state index in [1.54, 1.807) is 18.9 Å². The third kappa shape index (κ3) is 2.96. The molecule has 2 amide bonds. The van der Waals surface area contributed by atoms with E-state index in [2.05, 4.69) is 30.9 Å². The van der Waals surface area contributed by atoms with Crippen LogP contribution in [0.2, 0.25) is 0 Å². The predicted molar refractivity (Wildman–Crippen MR) is 95.3 cm³/mol. The van der Waals surface area contributed by atoms with Gasteiger partial charge >= 0.3 is 0 Å². The number of amides is 2. The van der Waals surface area contributed by atoms with Crippen molar-refractivity contribution in [2.45, 2.75) is 45.9 Å². The van der Waals surface area contributed by atoms with E-state index in [1.807, 2.05) is 17.1 Å². The molecule has 8 heteroatoms. The van der Waals surface area contributed by atoms with E-state index in [0.29, 0.717) is 24.8 Å². The highest BCUT2D eigenvalue weighted by atomic mass is 16.5. The molecule has 3 aliphatic heterocycles. The smallest absolute Gasteiger partial charge is 0.246 e. The van der Waals surface area contributed by atoms with Crippen LogP contribution in [0, 0.1) is 24.2 Å². The number of carbonyl (C=O) groups excluding carboxylic acids is 2. The Balaban J connectivity index is 1.54. The van der Waals surface area contributed by atoms with Gasteiger partial charge < -0.3 is 19.1 Å². The molecule has 2 bridgehead atoms. The molecular formula is C19H26N4O4. The summed E-state index contributed by atoms with van der Waals surface area (Å²) >= 11 is 0. The zero-order valence-corrected chi connectivity index (χ0v) is 16.4. The number of carbonyl (C=O) groups is 2. The maximum Gasteiger partial charge on any atom is 0.246 e. The Morgan fingerprint density at radius 2 is 2.19 bits per heavy atom. The minimum atomic E-state index is -0.671. The van der Waals surface area contributed by atoms with Crippen LogP contribution in [0.25, 0.3) is 0 Å². The van der Waals surface area contributed by atoms with Crippen LogP contribution in [-0.4, -0.2) is 63.6 Å². The standard InChI is InChI=1S/C19H26N4O4/c1-11-20-13(27-21-11)8-22(5)16(24)14-12-6-7-19(26-12)10-23(9-18(2,3)4)17(25)15(14)19/h6-7,12,14-15H,8-10H2,1-5H3/t12-,14-,15-,19-/m0/s1. The number of ether oxygens (including phenoxy) is 1. The SMILES string of the molecule is Cc1noc(CN(C)C(=O)[C@H]2[C@@H]3C=C[C@@]4(CN(CC(C)(C)C)C(=O)[C@H]24)O3)n1. The van der Waals surface area contributed by atoms with Crippen LogP contribution < -0.4 is 0 Å². The topological polar surface area (TPSA) is 88.8 Å². The molecule has 2 fully saturated rings. The van der Waals surface area contributed by atoms with E-state index >= 15 is 0 Å². The van der Waals surface area contributed by atoms with Gasteiger partial charge in [-0.1, -0.05) is 38.1 Å². The lowest BCUT2D eigenvalue weighted by atomic mass is 9.76. The van der Waals surface area contributed by atoms with Crippen molar-refractivity contribution in [1.29, 1.82) is 0 Å². The van der Waals surface area contributed by atoms with Gasteiger partial charge in [-0.05, 0) is 12.3 Å². The van der Waals surface area contributed by atoms with Crippen LogP contribution in [0.3, 0.4) is 0 Å². The highest BCUT2D eigenvalue weighted by Gasteiger charge is 2.67. The minimum absolute atomic E-state index is 0.0113. The molecule has 0 saturated carbocycles.